The molecule has 1 saturated heterocycles. The molecule has 1 aliphatic heterocycles. The molecule has 1 heterocycles. The number of likely N-dealkylation sites (tertiary alicyclic amines) is 1. The van der Waals surface area contributed by atoms with Gasteiger partial charge in [-0.25, -0.2) is 0 Å². The topological polar surface area (TPSA) is 78.9 Å². The normalized spacial score (nSPS) is 27.8. The minimum atomic E-state index is -0.328. The van der Waals surface area contributed by atoms with E-state index < -0.39 is 0 Å². The first kappa shape index (κ1) is 26.3. The minimum Gasteiger partial charge on any atom is -0.508 e. The SMILES string of the molecule is CC(=O)OC1C[C@H](NC(=O)Cc2ccc(Cl)c(Cl)c2)C[C@]2(c3cccc(O)c3)CCN(CC3CC3)C[C@@H]12. The van der Waals surface area contributed by atoms with Gasteiger partial charge in [0.1, 0.15) is 11.9 Å². The number of phenolic OH excluding ortho intramolecular Hbond substituents is 1. The number of nitrogens with one attached hydrogen (secondary N) is 1. The molecule has 0 spiro atoms. The van der Waals surface area contributed by atoms with Crippen molar-refractivity contribution in [3.8, 4) is 5.75 Å². The second kappa shape index (κ2) is 10.8. The Morgan fingerprint density at radius 3 is 2.68 bits per heavy atom. The zero-order valence-electron chi connectivity index (χ0n) is 21.1. The molecule has 1 amide bonds. The number of benzene rings is 2. The Balaban J connectivity index is 1.41. The van der Waals surface area contributed by atoms with E-state index in [1.807, 2.05) is 12.1 Å². The zero-order valence-corrected chi connectivity index (χ0v) is 22.6. The molecule has 6 nitrogen and oxygen atoms in total. The highest BCUT2D eigenvalue weighted by Crippen LogP contribution is 2.51. The van der Waals surface area contributed by atoms with Crippen molar-refractivity contribution in [3.63, 3.8) is 0 Å². The van der Waals surface area contributed by atoms with Crippen molar-refractivity contribution in [2.24, 2.45) is 11.8 Å². The molecular formula is C29H34Cl2N2O4. The number of carbonyl (C=O) groups excluding carboxylic acids is 2. The second-order valence-electron chi connectivity index (χ2n) is 11.0. The fourth-order valence-corrected chi connectivity index (χ4v) is 6.79. The summed E-state index contributed by atoms with van der Waals surface area (Å²) in [5, 5.41) is 14.4. The first-order chi connectivity index (χ1) is 17.7. The minimum absolute atomic E-state index is 0.0777. The van der Waals surface area contributed by atoms with Crippen molar-refractivity contribution in [3.05, 3.63) is 63.6 Å². The molecule has 4 atom stereocenters. The zero-order chi connectivity index (χ0) is 26.2. The average molecular weight is 546 g/mol. The summed E-state index contributed by atoms with van der Waals surface area (Å²) in [6.45, 7) is 4.32. The Bertz CT molecular complexity index is 1170. The molecule has 2 saturated carbocycles. The molecule has 2 aromatic rings. The smallest absolute Gasteiger partial charge is 0.302 e. The molecule has 37 heavy (non-hydrogen) atoms. The maximum atomic E-state index is 13.1. The van der Waals surface area contributed by atoms with E-state index in [-0.39, 0.29) is 47.5 Å². The van der Waals surface area contributed by atoms with Gasteiger partial charge in [-0.15, -0.1) is 0 Å². The van der Waals surface area contributed by atoms with Gasteiger partial charge in [-0.2, -0.15) is 0 Å². The highest BCUT2D eigenvalue weighted by Gasteiger charge is 2.54. The number of piperidine rings is 1. The number of ether oxygens (including phenoxy) is 1. The summed E-state index contributed by atoms with van der Waals surface area (Å²) >= 11 is 12.2. The van der Waals surface area contributed by atoms with Crippen LogP contribution in [0, 0.1) is 11.8 Å². The van der Waals surface area contributed by atoms with E-state index in [0.717, 1.165) is 49.5 Å². The number of aromatic hydroxyl groups is 1. The van der Waals surface area contributed by atoms with Gasteiger partial charge in [-0.05, 0) is 73.5 Å². The van der Waals surface area contributed by atoms with Crippen molar-refractivity contribution in [1.29, 1.82) is 0 Å². The number of nitrogens with zero attached hydrogens (tertiary/aromatic N) is 1. The van der Waals surface area contributed by atoms with Gasteiger partial charge in [-0.1, -0.05) is 41.4 Å². The van der Waals surface area contributed by atoms with Crippen LogP contribution in [-0.2, 0) is 26.2 Å². The Hall–Kier alpha value is -2.28. The van der Waals surface area contributed by atoms with Crippen LogP contribution >= 0.6 is 23.2 Å². The van der Waals surface area contributed by atoms with Crippen molar-refractivity contribution < 1.29 is 19.4 Å². The van der Waals surface area contributed by atoms with Gasteiger partial charge >= 0.3 is 5.97 Å². The lowest BCUT2D eigenvalue weighted by atomic mass is 9.57. The van der Waals surface area contributed by atoms with Crippen LogP contribution in [-0.4, -0.2) is 53.7 Å². The fourth-order valence-electron chi connectivity index (χ4n) is 6.47. The molecule has 1 unspecified atom stereocenters. The summed E-state index contributed by atoms with van der Waals surface area (Å²) in [6.07, 6.45) is 4.61. The molecule has 3 aliphatic rings. The lowest BCUT2D eigenvalue weighted by molar-refractivity contribution is -0.157. The summed E-state index contributed by atoms with van der Waals surface area (Å²) < 4.78 is 5.95. The lowest BCUT2D eigenvalue weighted by Crippen LogP contribution is -2.61. The molecule has 8 heteroatoms. The van der Waals surface area contributed by atoms with E-state index in [4.69, 9.17) is 27.9 Å². The summed E-state index contributed by atoms with van der Waals surface area (Å²) in [6, 6.07) is 12.5. The van der Waals surface area contributed by atoms with E-state index in [1.54, 1.807) is 24.3 Å². The lowest BCUT2D eigenvalue weighted by Gasteiger charge is -2.55. The number of halogens is 2. The number of hydrogen-bond donors (Lipinski definition) is 2. The number of esters is 1. The van der Waals surface area contributed by atoms with Crippen LogP contribution in [0.1, 0.15) is 50.2 Å². The Morgan fingerprint density at radius 2 is 1.97 bits per heavy atom. The van der Waals surface area contributed by atoms with Crippen LogP contribution < -0.4 is 5.32 Å². The molecule has 0 aromatic heterocycles. The van der Waals surface area contributed by atoms with Gasteiger partial charge in [0.15, 0.2) is 0 Å². The molecule has 2 aliphatic carbocycles. The van der Waals surface area contributed by atoms with Crippen molar-refractivity contribution in [2.75, 3.05) is 19.6 Å². The third-order valence-corrected chi connectivity index (χ3v) is 9.02. The molecule has 0 radical (unpaired) electrons. The van der Waals surface area contributed by atoms with Crippen LogP contribution in [0.5, 0.6) is 5.75 Å². The Kier molecular flexibility index (Phi) is 7.71. The Labute approximate surface area is 228 Å². The number of carbonyl (C=O) groups is 2. The predicted molar refractivity (Wildman–Crippen MR) is 144 cm³/mol. The standard InChI is InChI=1S/C29H34Cl2N2O4/c1-18(34)37-27-14-22(32-28(36)12-20-7-8-25(30)26(31)11-20)15-29(21-3-2-4-23(35)13-21)9-10-33(17-24(27)29)16-19-5-6-19/h2-4,7-8,11,13,19,22,24,27,35H,5-6,9-10,12,14-17H2,1H3,(H,32,36)/t22-,24-,27?,29-/m0/s1. The number of fused-ring (bicyclic) bond motifs is 1. The van der Waals surface area contributed by atoms with Gasteiger partial charge in [0.2, 0.25) is 5.91 Å². The van der Waals surface area contributed by atoms with Crippen LogP contribution in [0.2, 0.25) is 10.0 Å². The molecule has 2 aromatic carbocycles. The summed E-state index contributed by atoms with van der Waals surface area (Å²) in [5.74, 6) is 0.657. The first-order valence-electron chi connectivity index (χ1n) is 13.1. The third kappa shape index (κ3) is 6.08. The van der Waals surface area contributed by atoms with Crippen molar-refractivity contribution in [2.45, 2.75) is 63.0 Å². The maximum Gasteiger partial charge on any atom is 0.302 e. The van der Waals surface area contributed by atoms with Crippen molar-refractivity contribution in [1.82, 2.24) is 10.2 Å². The third-order valence-electron chi connectivity index (χ3n) is 8.28. The molecule has 2 N–H and O–H groups in total. The fraction of sp³-hybridized carbons (Fsp3) is 0.517. The average Bonchev–Trinajstić information content (AvgIpc) is 3.65. The molecule has 0 bridgehead atoms. The van der Waals surface area contributed by atoms with Gasteiger partial charge in [0, 0.05) is 43.8 Å². The van der Waals surface area contributed by atoms with Crippen LogP contribution in [0.3, 0.4) is 0 Å². The number of amides is 1. The number of phenols is 1. The molecular weight excluding hydrogens is 511 g/mol. The van der Waals surface area contributed by atoms with E-state index in [2.05, 4.69) is 16.3 Å². The van der Waals surface area contributed by atoms with E-state index >= 15 is 0 Å². The van der Waals surface area contributed by atoms with Crippen LogP contribution in [0.15, 0.2) is 42.5 Å². The van der Waals surface area contributed by atoms with E-state index in [9.17, 15) is 14.7 Å². The predicted octanol–water partition coefficient (Wildman–Crippen LogP) is 5.12. The summed E-state index contributed by atoms with van der Waals surface area (Å²) in [5.41, 5.74) is 1.51. The number of hydrogen-bond acceptors (Lipinski definition) is 5. The molecule has 3 fully saturated rings. The summed E-state index contributed by atoms with van der Waals surface area (Å²) in [7, 11) is 0. The monoisotopic (exact) mass is 544 g/mol. The van der Waals surface area contributed by atoms with Gasteiger partial charge in [0.05, 0.1) is 16.5 Å². The second-order valence-corrected chi connectivity index (χ2v) is 11.9. The Morgan fingerprint density at radius 1 is 1.16 bits per heavy atom. The van der Waals surface area contributed by atoms with E-state index in [0.29, 0.717) is 16.5 Å². The van der Waals surface area contributed by atoms with Gasteiger partial charge in [-0.3, -0.25) is 9.59 Å². The van der Waals surface area contributed by atoms with E-state index in [1.165, 1.54) is 19.8 Å². The number of rotatable bonds is 7. The quantitative estimate of drug-likeness (QED) is 0.473. The highest BCUT2D eigenvalue weighted by molar-refractivity contribution is 6.42. The first-order valence-corrected chi connectivity index (χ1v) is 13.9. The molecule has 5 rings (SSSR count). The maximum absolute atomic E-state index is 13.1. The van der Waals surface area contributed by atoms with Gasteiger partial charge in [0.25, 0.3) is 0 Å². The van der Waals surface area contributed by atoms with Crippen LogP contribution in [0.4, 0.5) is 0 Å². The van der Waals surface area contributed by atoms with Gasteiger partial charge < -0.3 is 20.1 Å². The largest absolute Gasteiger partial charge is 0.508 e. The summed E-state index contributed by atoms with van der Waals surface area (Å²) in [4.78, 5) is 27.8. The van der Waals surface area contributed by atoms with Crippen LogP contribution in [0.25, 0.3) is 0 Å². The van der Waals surface area contributed by atoms with Crippen molar-refractivity contribution >= 4 is 35.1 Å². The highest BCUT2D eigenvalue weighted by atomic mass is 35.5. The molecule has 198 valence electrons.